The van der Waals surface area contributed by atoms with Crippen molar-refractivity contribution in [2.75, 3.05) is 0 Å². The number of fused-ring (bicyclic) bond motifs is 1. The Morgan fingerprint density at radius 2 is 1.94 bits per heavy atom. The first kappa shape index (κ1) is 10.5. The zero-order chi connectivity index (χ0) is 12.5. The van der Waals surface area contributed by atoms with E-state index in [4.69, 9.17) is 0 Å². The third kappa shape index (κ3) is 1.47. The minimum atomic E-state index is 0.156. The standard InChI is InChI=1S/C14H11N3O/c1-2-10-6-5-9-13(14(10)18)17-12-8-4-3-7-11(12)15-16-17/h2-9,18H,1H2. The number of phenolic OH excluding ortho intramolecular Hbond substituents is 1. The molecular formula is C14H11N3O. The van der Waals surface area contributed by atoms with Gasteiger partial charge in [-0.1, -0.05) is 42.1 Å². The van der Waals surface area contributed by atoms with Crippen molar-refractivity contribution in [3.8, 4) is 11.4 Å². The Hall–Kier alpha value is -2.62. The summed E-state index contributed by atoms with van der Waals surface area (Å²) in [7, 11) is 0. The van der Waals surface area contributed by atoms with Gasteiger partial charge in [-0.2, -0.15) is 0 Å². The summed E-state index contributed by atoms with van der Waals surface area (Å²) in [5, 5.41) is 18.3. The minimum Gasteiger partial charge on any atom is -0.505 e. The number of aromatic hydroxyl groups is 1. The Balaban J connectivity index is 2.30. The second-order valence-electron chi connectivity index (χ2n) is 3.91. The molecule has 0 atom stereocenters. The molecule has 0 fully saturated rings. The highest BCUT2D eigenvalue weighted by molar-refractivity contribution is 5.77. The Bertz CT molecular complexity index is 731. The van der Waals surface area contributed by atoms with Crippen molar-refractivity contribution in [2.24, 2.45) is 0 Å². The largest absolute Gasteiger partial charge is 0.505 e. The van der Waals surface area contributed by atoms with Crippen LogP contribution < -0.4 is 0 Å². The number of nitrogens with zero attached hydrogens (tertiary/aromatic N) is 3. The van der Waals surface area contributed by atoms with Crippen molar-refractivity contribution in [2.45, 2.75) is 0 Å². The molecular weight excluding hydrogens is 226 g/mol. The Kier molecular flexibility index (Phi) is 2.34. The molecule has 0 saturated carbocycles. The van der Waals surface area contributed by atoms with E-state index in [0.29, 0.717) is 11.3 Å². The maximum Gasteiger partial charge on any atom is 0.148 e. The number of aromatic nitrogens is 3. The van der Waals surface area contributed by atoms with Crippen LogP contribution in [0.5, 0.6) is 5.75 Å². The van der Waals surface area contributed by atoms with Crippen LogP contribution in [-0.2, 0) is 0 Å². The molecule has 0 aliphatic heterocycles. The van der Waals surface area contributed by atoms with Crippen molar-refractivity contribution in [1.29, 1.82) is 0 Å². The molecule has 1 N–H and O–H groups in total. The van der Waals surface area contributed by atoms with Crippen molar-refractivity contribution in [3.63, 3.8) is 0 Å². The number of hydrogen-bond donors (Lipinski definition) is 1. The van der Waals surface area contributed by atoms with Gasteiger partial charge in [-0.25, -0.2) is 4.68 Å². The lowest BCUT2D eigenvalue weighted by Gasteiger charge is -2.07. The second-order valence-corrected chi connectivity index (χ2v) is 3.91. The summed E-state index contributed by atoms with van der Waals surface area (Å²) in [4.78, 5) is 0. The maximum atomic E-state index is 10.2. The van der Waals surface area contributed by atoms with Gasteiger partial charge in [0.15, 0.2) is 0 Å². The van der Waals surface area contributed by atoms with E-state index in [2.05, 4.69) is 16.9 Å². The fraction of sp³-hybridized carbons (Fsp3) is 0. The number of benzene rings is 2. The molecule has 4 nitrogen and oxygen atoms in total. The first-order chi connectivity index (χ1) is 8.81. The van der Waals surface area contributed by atoms with Gasteiger partial charge in [0.1, 0.15) is 17.0 Å². The van der Waals surface area contributed by atoms with Crippen LogP contribution in [0.2, 0.25) is 0 Å². The van der Waals surface area contributed by atoms with E-state index < -0.39 is 0 Å². The van der Waals surface area contributed by atoms with Crippen molar-refractivity contribution < 1.29 is 5.11 Å². The third-order valence-corrected chi connectivity index (χ3v) is 2.85. The normalized spacial score (nSPS) is 10.7. The van der Waals surface area contributed by atoms with Crippen LogP contribution >= 0.6 is 0 Å². The van der Waals surface area contributed by atoms with Crippen molar-refractivity contribution in [3.05, 3.63) is 54.6 Å². The molecule has 0 amide bonds. The average Bonchev–Trinajstić information content (AvgIpc) is 2.83. The summed E-state index contributed by atoms with van der Waals surface area (Å²) >= 11 is 0. The van der Waals surface area contributed by atoms with Gasteiger partial charge in [0.2, 0.25) is 0 Å². The topological polar surface area (TPSA) is 50.9 Å². The fourth-order valence-corrected chi connectivity index (χ4v) is 1.93. The highest BCUT2D eigenvalue weighted by Gasteiger charge is 2.11. The van der Waals surface area contributed by atoms with E-state index >= 15 is 0 Å². The first-order valence-electron chi connectivity index (χ1n) is 5.56. The summed E-state index contributed by atoms with van der Waals surface area (Å²) < 4.78 is 1.62. The van der Waals surface area contributed by atoms with Gasteiger partial charge in [-0.05, 0) is 18.2 Å². The van der Waals surface area contributed by atoms with Crippen LogP contribution in [0.15, 0.2) is 49.0 Å². The van der Waals surface area contributed by atoms with Crippen molar-refractivity contribution >= 4 is 17.1 Å². The zero-order valence-electron chi connectivity index (χ0n) is 9.61. The van der Waals surface area contributed by atoms with Gasteiger partial charge in [0, 0.05) is 5.56 Å². The molecule has 0 saturated heterocycles. The molecule has 18 heavy (non-hydrogen) atoms. The average molecular weight is 237 g/mol. The monoisotopic (exact) mass is 237 g/mol. The lowest BCUT2D eigenvalue weighted by molar-refractivity contribution is 0.469. The summed E-state index contributed by atoms with van der Waals surface area (Å²) in [5.74, 6) is 0.156. The van der Waals surface area contributed by atoms with Crippen LogP contribution in [0.4, 0.5) is 0 Å². The summed E-state index contributed by atoms with van der Waals surface area (Å²) in [6, 6.07) is 13.1. The van der Waals surface area contributed by atoms with Crippen LogP contribution in [0, 0.1) is 0 Å². The van der Waals surface area contributed by atoms with E-state index in [1.54, 1.807) is 22.9 Å². The first-order valence-corrected chi connectivity index (χ1v) is 5.56. The predicted molar refractivity (Wildman–Crippen MR) is 70.6 cm³/mol. The highest BCUT2D eigenvalue weighted by atomic mass is 16.3. The van der Waals surface area contributed by atoms with Gasteiger partial charge in [-0.15, -0.1) is 5.10 Å². The molecule has 3 rings (SSSR count). The van der Waals surface area contributed by atoms with Crippen LogP contribution in [0.3, 0.4) is 0 Å². The van der Waals surface area contributed by atoms with Crippen LogP contribution in [0.1, 0.15) is 5.56 Å². The molecule has 4 heteroatoms. The Labute approximate surface area is 104 Å². The summed E-state index contributed by atoms with van der Waals surface area (Å²) in [5.41, 5.74) is 2.92. The summed E-state index contributed by atoms with van der Waals surface area (Å²) in [6.45, 7) is 3.67. The zero-order valence-corrected chi connectivity index (χ0v) is 9.61. The van der Waals surface area contributed by atoms with E-state index in [0.717, 1.165) is 11.0 Å². The van der Waals surface area contributed by atoms with E-state index in [-0.39, 0.29) is 5.75 Å². The Morgan fingerprint density at radius 1 is 1.11 bits per heavy atom. The molecule has 1 heterocycles. The number of hydrogen-bond acceptors (Lipinski definition) is 3. The lowest BCUT2D eigenvalue weighted by atomic mass is 10.1. The minimum absolute atomic E-state index is 0.156. The molecule has 0 spiro atoms. The van der Waals surface area contributed by atoms with Gasteiger partial charge in [0.25, 0.3) is 0 Å². The van der Waals surface area contributed by atoms with E-state index in [1.165, 1.54) is 0 Å². The van der Waals surface area contributed by atoms with Crippen LogP contribution in [-0.4, -0.2) is 20.1 Å². The SMILES string of the molecule is C=Cc1cccc(-n2nnc3ccccc32)c1O. The molecule has 88 valence electrons. The molecule has 0 bridgehead atoms. The highest BCUT2D eigenvalue weighted by Crippen LogP contribution is 2.28. The van der Waals surface area contributed by atoms with Gasteiger partial charge < -0.3 is 5.11 Å². The number of para-hydroxylation sites is 2. The molecule has 3 aromatic rings. The van der Waals surface area contributed by atoms with Gasteiger partial charge >= 0.3 is 0 Å². The molecule has 1 aromatic heterocycles. The lowest BCUT2D eigenvalue weighted by Crippen LogP contribution is -1.97. The maximum absolute atomic E-state index is 10.2. The summed E-state index contributed by atoms with van der Waals surface area (Å²) in [6.07, 6.45) is 1.61. The second kappa shape index (κ2) is 4.00. The smallest absolute Gasteiger partial charge is 0.148 e. The van der Waals surface area contributed by atoms with Crippen molar-refractivity contribution in [1.82, 2.24) is 15.0 Å². The quantitative estimate of drug-likeness (QED) is 0.745. The number of phenols is 1. The van der Waals surface area contributed by atoms with Gasteiger partial charge in [-0.3, -0.25) is 0 Å². The van der Waals surface area contributed by atoms with E-state index in [1.807, 2.05) is 30.3 Å². The molecule has 0 aliphatic rings. The molecule has 0 aliphatic carbocycles. The van der Waals surface area contributed by atoms with E-state index in [9.17, 15) is 5.11 Å². The molecule has 0 unspecified atom stereocenters. The van der Waals surface area contributed by atoms with Gasteiger partial charge in [0.05, 0.1) is 5.52 Å². The fourth-order valence-electron chi connectivity index (χ4n) is 1.93. The predicted octanol–water partition coefficient (Wildman–Crippen LogP) is 2.77. The number of rotatable bonds is 2. The molecule has 0 radical (unpaired) electrons. The Morgan fingerprint density at radius 3 is 2.78 bits per heavy atom. The van der Waals surface area contributed by atoms with Crippen LogP contribution in [0.25, 0.3) is 22.8 Å². The molecule has 2 aromatic carbocycles. The third-order valence-electron chi connectivity index (χ3n) is 2.85.